The fourth-order valence-electron chi connectivity index (χ4n) is 8.29. The van der Waals surface area contributed by atoms with Gasteiger partial charge in [-0.2, -0.15) is 0 Å². The van der Waals surface area contributed by atoms with Crippen molar-refractivity contribution in [3.05, 3.63) is 97.1 Å². The molecule has 6 rings (SSSR count). The lowest BCUT2D eigenvalue weighted by Gasteiger charge is -2.40. The smallest absolute Gasteiger partial charge is 0.248 e. The maximum atomic E-state index is 14.9. The van der Waals surface area contributed by atoms with E-state index in [9.17, 15) is 19.5 Å². The summed E-state index contributed by atoms with van der Waals surface area (Å²) in [5.74, 6) is -2.28. The highest BCUT2D eigenvalue weighted by molar-refractivity contribution is 5.99. The van der Waals surface area contributed by atoms with Crippen LogP contribution < -0.4 is 0 Å². The van der Waals surface area contributed by atoms with Gasteiger partial charge in [-0.05, 0) is 30.4 Å². The van der Waals surface area contributed by atoms with Crippen LogP contribution in [0.3, 0.4) is 0 Å². The molecule has 2 aromatic rings. The zero-order valence-electron chi connectivity index (χ0n) is 27.7. The SMILES string of the molecule is C=CCN(CCN1CCOCC1)C(=O)C1N([C@@H](CO)Cc2ccccc2)C(=O)[C@@H]2[C@@H](C(=O)N(CC=C)Cc3ccccc3)[C@H]3CCC12O3. The molecule has 0 aliphatic carbocycles. The average molecular weight is 657 g/mol. The molecule has 48 heavy (non-hydrogen) atoms. The van der Waals surface area contributed by atoms with Crippen LogP contribution in [-0.4, -0.2) is 125 Å². The predicted octanol–water partition coefficient (Wildman–Crippen LogP) is 2.53. The van der Waals surface area contributed by atoms with E-state index in [0.717, 1.165) is 24.2 Å². The van der Waals surface area contributed by atoms with Gasteiger partial charge in [-0.25, -0.2) is 0 Å². The number of hydrogen-bond acceptors (Lipinski definition) is 7. The lowest BCUT2D eigenvalue weighted by molar-refractivity contribution is -0.152. The van der Waals surface area contributed by atoms with Gasteiger partial charge >= 0.3 is 0 Å². The first-order valence-corrected chi connectivity index (χ1v) is 17.2. The van der Waals surface area contributed by atoms with Gasteiger partial charge in [0, 0.05) is 45.8 Å². The topological polar surface area (TPSA) is 103 Å². The number of carbonyl (C=O) groups excluding carboxylic acids is 3. The van der Waals surface area contributed by atoms with Crippen LogP contribution in [-0.2, 0) is 36.8 Å². The highest BCUT2D eigenvalue weighted by Crippen LogP contribution is 2.59. The number of carbonyl (C=O) groups is 3. The van der Waals surface area contributed by atoms with Crippen molar-refractivity contribution in [1.29, 1.82) is 0 Å². The predicted molar refractivity (Wildman–Crippen MR) is 182 cm³/mol. The van der Waals surface area contributed by atoms with Gasteiger partial charge in [-0.15, -0.1) is 13.2 Å². The Labute approximate surface area is 283 Å². The van der Waals surface area contributed by atoms with E-state index in [4.69, 9.17) is 9.47 Å². The van der Waals surface area contributed by atoms with Crippen molar-refractivity contribution in [3.8, 4) is 0 Å². The van der Waals surface area contributed by atoms with E-state index < -0.39 is 35.6 Å². The number of aliphatic hydroxyl groups excluding tert-OH is 1. The van der Waals surface area contributed by atoms with Gasteiger partial charge in [0.25, 0.3) is 0 Å². The number of amides is 3. The number of benzene rings is 2. The van der Waals surface area contributed by atoms with Crippen LogP contribution in [0.25, 0.3) is 0 Å². The summed E-state index contributed by atoms with van der Waals surface area (Å²) in [6, 6.07) is 17.8. The number of aliphatic hydroxyl groups is 1. The second kappa shape index (κ2) is 15.2. The summed E-state index contributed by atoms with van der Waals surface area (Å²) in [7, 11) is 0. The van der Waals surface area contributed by atoms with E-state index in [2.05, 4.69) is 18.1 Å². The fourth-order valence-corrected chi connectivity index (χ4v) is 8.29. The number of ether oxygens (including phenoxy) is 2. The van der Waals surface area contributed by atoms with E-state index in [1.165, 1.54) is 0 Å². The Morgan fingerprint density at radius 3 is 2.25 bits per heavy atom. The lowest BCUT2D eigenvalue weighted by Crippen LogP contribution is -2.59. The van der Waals surface area contributed by atoms with Crippen LogP contribution in [0, 0.1) is 11.8 Å². The highest BCUT2D eigenvalue weighted by atomic mass is 16.5. The van der Waals surface area contributed by atoms with Crippen molar-refractivity contribution in [2.45, 2.75) is 49.6 Å². The highest BCUT2D eigenvalue weighted by Gasteiger charge is 2.75. The Balaban J connectivity index is 1.35. The molecule has 1 N–H and O–H groups in total. The number of fused-ring (bicyclic) bond motifs is 1. The van der Waals surface area contributed by atoms with Gasteiger partial charge in [0.1, 0.15) is 11.6 Å². The molecule has 2 bridgehead atoms. The molecule has 4 aliphatic rings. The molecule has 3 amide bonds. The Hall–Kier alpha value is -3.83. The van der Waals surface area contributed by atoms with Crippen molar-refractivity contribution in [2.24, 2.45) is 11.8 Å². The van der Waals surface area contributed by atoms with Crippen LogP contribution >= 0.6 is 0 Å². The Morgan fingerprint density at radius 2 is 1.60 bits per heavy atom. The largest absolute Gasteiger partial charge is 0.394 e. The van der Waals surface area contributed by atoms with Gasteiger partial charge < -0.3 is 29.3 Å². The molecular formula is C38H48N4O6. The molecule has 2 unspecified atom stereocenters. The van der Waals surface area contributed by atoms with Crippen LogP contribution in [0.5, 0.6) is 0 Å². The molecule has 10 nitrogen and oxygen atoms in total. The van der Waals surface area contributed by atoms with Gasteiger partial charge in [0.2, 0.25) is 17.7 Å². The van der Waals surface area contributed by atoms with Crippen molar-refractivity contribution in [1.82, 2.24) is 19.6 Å². The summed E-state index contributed by atoms with van der Waals surface area (Å²) in [5, 5.41) is 10.8. The molecule has 6 atom stereocenters. The molecule has 4 fully saturated rings. The second-order valence-electron chi connectivity index (χ2n) is 13.3. The molecule has 1 spiro atoms. The molecule has 0 aromatic heterocycles. The first kappa shape index (κ1) is 34.0. The maximum Gasteiger partial charge on any atom is 0.248 e. The average Bonchev–Trinajstić information content (AvgIpc) is 3.77. The lowest BCUT2D eigenvalue weighted by atomic mass is 9.70. The van der Waals surface area contributed by atoms with E-state index in [1.807, 2.05) is 60.7 Å². The summed E-state index contributed by atoms with van der Waals surface area (Å²) in [5.41, 5.74) is 0.745. The number of hydrogen-bond donors (Lipinski definition) is 1. The van der Waals surface area contributed by atoms with Crippen LogP contribution in [0.1, 0.15) is 24.0 Å². The molecule has 2 aromatic carbocycles. The minimum absolute atomic E-state index is 0.171. The second-order valence-corrected chi connectivity index (χ2v) is 13.3. The van der Waals surface area contributed by atoms with Crippen molar-refractivity contribution >= 4 is 17.7 Å². The third-order valence-corrected chi connectivity index (χ3v) is 10.5. The zero-order valence-corrected chi connectivity index (χ0v) is 27.7. The first-order chi connectivity index (χ1) is 23.4. The van der Waals surface area contributed by atoms with Gasteiger partial charge in [-0.1, -0.05) is 72.8 Å². The van der Waals surface area contributed by atoms with Gasteiger partial charge in [0.15, 0.2) is 0 Å². The Morgan fingerprint density at radius 1 is 0.958 bits per heavy atom. The molecule has 4 aliphatic heterocycles. The van der Waals surface area contributed by atoms with Crippen molar-refractivity contribution < 1.29 is 29.0 Å². The summed E-state index contributed by atoms with van der Waals surface area (Å²) in [6.07, 6.45) is 4.35. The third kappa shape index (κ3) is 6.59. The summed E-state index contributed by atoms with van der Waals surface area (Å²) < 4.78 is 12.3. The van der Waals surface area contributed by atoms with E-state index >= 15 is 0 Å². The zero-order chi connectivity index (χ0) is 33.7. The number of likely N-dealkylation sites (tertiary alicyclic amines) is 1. The van der Waals surface area contributed by atoms with Gasteiger partial charge in [0.05, 0.1) is 43.8 Å². The maximum absolute atomic E-state index is 14.9. The van der Waals surface area contributed by atoms with Crippen LogP contribution in [0.15, 0.2) is 86.0 Å². The normalized spacial score (nSPS) is 27.0. The molecule has 4 heterocycles. The van der Waals surface area contributed by atoms with Crippen molar-refractivity contribution in [2.75, 3.05) is 59.1 Å². The minimum Gasteiger partial charge on any atom is -0.394 e. The van der Waals surface area contributed by atoms with Crippen molar-refractivity contribution in [3.63, 3.8) is 0 Å². The van der Waals surface area contributed by atoms with E-state index in [-0.39, 0.29) is 24.3 Å². The molecule has 10 heteroatoms. The molecule has 0 radical (unpaired) electrons. The Kier molecular flexibility index (Phi) is 10.8. The number of nitrogens with zero attached hydrogens (tertiary/aromatic N) is 4. The summed E-state index contributed by atoms with van der Waals surface area (Å²) in [4.78, 5) is 51.6. The van der Waals surface area contributed by atoms with Crippen LogP contribution in [0.2, 0.25) is 0 Å². The molecular weight excluding hydrogens is 608 g/mol. The molecule has 4 saturated heterocycles. The first-order valence-electron chi connectivity index (χ1n) is 17.2. The summed E-state index contributed by atoms with van der Waals surface area (Å²) >= 11 is 0. The summed E-state index contributed by atoms with van der Waals surface area (Å²) in [6.45, 7) is 12.5. The fraction of sp³-hybridized carbons (Fsp3) is 0.500. The van der Waals surface area contributed by atoms with E-state index in [1.54, 1.807) is 26.9 Å². The van der Waals surface area contributed by atoms with E-state index in [0.29, 0.717) is 65.2 Å². The van der Waals surface area contributed by atoms with Gasteiger partial charge in [-0.3, -0.25) is 19.3 Å². The number of rotatable bonds is 15. The standard InChI is InChI=1S/C38H48N4O6/c1-3-17-40(20-19-39-21-23-47-24-22-39)37(46)34-38-16-15-31(48-38)32(35(44)41(18-4-2)26-29-13-9-6-10-14-29)33(38)36(45)42(34)30(27-43)25-28-11-7-5-8-12-28/h3-14,30-34,43H,1-2,15-27H2/t30-,31-,32+,33+,34?,38?/m1/s1. The third-order valence-electron chi connectivity index (χ3n) is 10.5. The molecule has 256 valence electrons. The Bertz CT molecular complexity index is 1450. The number of morpholine rings is 1. The molecule has 0 saturated carbocycles. The monoisotopic (exact) mass is 656 g/mol. The quantitative estimate of drug-likeness (QED) is 0.294. The van der Waals surface area contributed by atoms with Crippen LogP contribution in [0.4, 0.5) is 0 Å². The minimum atomic E-state index is -1.17.